The van der Waals surface area contributed by atoms with E-state index >= 15 is 0 Å². The maximum Gasteiger partial charge on any atom is 0.232 e. The average Bonchev–Trinajstić information content (AvgIpc) is 2.73. The number of rotatable bonds is 3. The number of fused-ring (bicyclic) bond motifs is 1. The van der Waals surface area contributed by atoms with Crippen molar-refractivity contribution in [3.63, 3.8) is 0 Å². The van der Waals surface area contributed by atoms with Gasteiger partial charge in [-0.15, -0.1) is 11.3 Å². The lowest BCUT2D eigenvalue weighted by Crippen LogP contribution is -2.33. The van der Waals surface area contributed by atoms with E-state index in [9.17, 15) is 4.79 Å². The summed E-state index contributed by atoms with van der Waals surface area (Å²) in [5.74, 6) is 0.712. The maximum atomic E-state index is 12.4. The summed E-state index contributed by atoms with van der Waals surface area (Å²) < 4.78 is 0. The molecule has 0 radical (unpaired) electrons. The predicted molar refractivity (Wildman–Crippen MR) is 92.7 cm³/mol. The quantitative estimate of drug-likeness (QED) is 0.632. The molecular formula is C16H21N3OS2. The fourth-order valence-electron chi connectivity index (χ4n) is 2.80. The van der Waals surface area contributed by atoms with Gasteiger partial charge in [0.05, 0.1) is 5.75 Å². The van der Waals surface area contributed by atoms with Gasteiger partial charge in [0.2, 0.25) is 5.91 Å². The Morgan fingerprint density at radius 1 is 1.23 bits per heavy atom. The molecule has 0 unspecified atom stereocenters. The second-order valence-corrected chi connectivity index (χ2v) is 7.89. The third-order valence-electron chi connectivity index (χ3n) is 4.22. The van der Waals surface area contributed by atoms with Crippen LogP contribution >= 0.6 is 23.1 Å². The Kier molecular flexibility index (Phi) is 4.98. The molecule has 1 fully saturated rings. The number of hydrogen-bond acceptors (Lipinski definition) is 5. The number of likely N-dealkylation sites (tertiary alicyclic amines) is 1. The number of thiophene rings is 1. The fraction of sp³-hybridized carbons (Fsp3) is 0.562. The Morgan fingerprint density at radius 2 is 1.95 bits per heavy atom. The molecule has 3 rings (SSSR count). The molecule has 0 saturated carbocycles. The Labute approximate surface area is 139 Å². The summed E-state index contributed by atoms with van der Waals surface area (Å²) in [5, 5.41) is 2.06. The van der Waals surface area contributed by atoms with E-state index in [2.05, 4.69) is 23.8 Å². The summed E-state index contributed by atoms with van der Waals surface area (Å²) in [5.41, 5.74) is 1.24. The van der Waals surface area contributed by atoms with E-state index < -0.39 is 0 Å². The Morgan fingerprint density at radius 3 is 2.68 bits per heavy atom. The van der Waals surface area contributed by atoms with E-state index in [1.54, 1.807) is 29.4 Å². The van der Waals surface area contributed by atoms with E-state index in [0.29, 0.717) is 5.75 Å². The van der Waals surface area contributed by atoms with Crippen LogP contribution in [0.25, 0.3) is 10.2 Å². The Balaban J connectivity index is 1.72. The number of aryl methyl sites for hydroxylation is 2. The normalized spacial score (nSPS) is 16.0. The minimum atomic E-state index is 0.239. The standard InChI is InChI=1S/C16H21N3OS2/c1-11-12(2)22-16-14(11)15(17-10-18-16)21-9-13(20)19-7-5-3-4-6-8-19/h10H,3-9H2,1-2H3. The van der Waals surface area contributed by atoms with Gasteiger partial charge in [-0.1, -0.05) is 24.6 Å². The fourth-order valence-corrected chi connectivity index (χ4v) is 4.82. The molecule has 1 aliphatic heterocycles. The second-order valence-electron chi connectivity index (χ2n) is 5.73. The van der Waals surface area contributed by atoms with Gasteiger partial charge in [-0.2, -0.15) is 0 Å². The van der Waals surface area contributed by atoms with Crippen molar-refractivity contribution < 1.29 is 4.79 Å². The van der Waals surface area contributed by atoms with Gasteiger partial charge in [0.25, 0.3) is 0 Å². The first-order valence-electron chi connectivity index (χ1n) is 7.78. The molecule has 0 atom stereocenters. The molecule has 4 nitrogen and oxygen atoms in total. The highest BCUT2D eigenvalue weighted by Crippen LogP contribution is 2.34. The van der Waals surface area contributed by atoms with Crippen molar-refractivity contribution in [1.29, 1.82) is 0 Å². The van der Waals surface area contributed by atoms with Gasteiger partial charge in [-0.05, 0) is 32.3 Å². The summed E-state index contributed by atoms with van der Waals surface area (Å²) in [6, 6.07) is 0. The van der Waals surface area contributed by atoms with Gasteiger partial charge >= 0.3 is 0 Å². The smallest absolute Gasteiger partial charge is 0.232 e. The lowest BCUT2D eigenvalue weighted by molar-refractivity contribution is -0.128. The summed E-state index contributed by atoms with van der Waals surface area (Å²) in [7, 11) is 0. The van der Waals surface area contributed by atoms with Crippen LogP contribution in [0.15, 0.2) is 11.4 Å². The molecular weight excluding hydrogens is 314 g/mol. The van der Waals surface area contributed by atoms with Gasteiger partial charge in [0.1, 0.15) is 16.2 Å². The SMILES string of the molecule is Cc1sc2ncnc(SCC(=O)N3CCCCCC3)c2c1C. The Bertz CT molecular complexity index is 675. The predicted octanol–water partition coefficient (Wildman–Crippen LogP) is 3.80. The van der Waals surface area contributed by atoms with Gasteiger partial charge in [0.15, 0.2) is 0 Å². The minimum absolute atomic E-state index is 0.239. The van der Waals surface area contributed by atoms with Gasteiger partial charge in [-0.25, -0.2) is 9.97 Å². The van der Waals surface area contributed by atoms with Crippen LogP contribution in [0.3, 0.4) is 0 Å². The highest BCUT2D eigenvalue weighted by Gasteiger charge is 2.18. The van der Waals surface area contributed by atoms with Crippen molar-refractivity contribution in [1.82, 2.24) is 14.9 Å². The molecule has 0 spiro atoms. The number of nitrogens with zero attached hydrogens (tertiary/aromatic N) is 3. The first-order valence-corrected chi connectivity index (χ1v) is 9.58. The summed E-state index contributed by atoms with van der Waals surface area (Å²) in [6.45, 7) is 6.04. The molecule has 1 amide bonds. The van der Waals surface area contributed by atoms with Gasteiger partial charge in [-0.3, -0.25) is 4.79 Å². The molecule has 118 valence electrons. The Hall–Kier alpha value is -1.14. The van der Waals surface area contributed by atoms with E-state index in [1.165, 1.54) is 23.3 Å². The molecule has 6 heteroatoms. The lowest BCUT2D eigenvalue weighted by Gasteiger charge is -2.19. The highest BCUT2D eigenvalue weighted by molar-refractivity contribution is 8.00. The zero-order valence-electron chi connectivity index (χ0n) is 13.1. The number of hydrogen-bond donors (Lipinski definition) is 0. The molecule has 2 aromatic rings. The van der Waals surface area contributed by atoms with Crippen molar-refractivity contribution in [2.45, 2.75) is 44.6 Å². The minimum Gasteiger partial charge on any atom is -0.342 e. The van der Waals surface area contributed by atoms with Gasteiger partial charge < -0.3 is 4.90 Å². The van der Waals surface area contributed by atoms with Crippen molar-refractivity contribution in [2.24, 2.45) is 0 Å². The third kappa shape index (κ3) is 3.27. The largest absolute Gasteiger partial charge is 0.342 e. The van der Waals surface area contributed by atoms with Crippen LogP contribution in [0, 0.1) is 13.8 Å². The van der Waals surface area contributed by atoms with Crippen LogP contribution in [0.5, 0.6) is 0 Å². The first kappa shape index (κ1) is 15.7. The molecule has 3 heterocycles. The third-order valence-corrected chi connectivity index (χ3v) is 6.31. The molecule has 0 aliphatic carbocycles. The number of carbonyl (C=O) groups is 1. The monoisotopic (exact) mass is 335 g/mol. The van der Waals surface area contributed by atoms with E-state index in [1.807, 2.05) is 4.90 Å². The van der Waals surface area contributed by atoms with Crippen molar-refractivity contribution in [3.8, 4) is 0 Å². The van der Waals surface area contributed by atoms with Gasteiger partial charge in [0, 0.05) is 23.4 Å². The topological polar surface area (TPSA) is 46.1 Å². The highest BCUT2D eigenvalue weighted by atomic mass is 32.2. The molecule has 0 aromatic carbocycles. The zero-order valence-corrected chi connectivity index (χ0v) is 14.7. The molecule has 1 aliphatic rings. The van der Waals surface area contributed by atoms with E-state index in [0.717, 1.165) is 41.2 Å². The van der Waals surface area contributed by atoms with Crippen LogP contribution in [0.1, 0.15) is 36.1 Å². The van der Waals surface area contributed by atoms with Crippen LogP contribution < -0.4 is 0 Å². The van der Waals surface area contributed by atoms with E-state index in [4.69, 9.17) is 0 Å². The summed E-state index contributed by atoms with van der Waals surface area (Å²) in [4.78, 5) is 25.5. The maximum absolute atomic E-state index is 12.4. The van der Waals surface area contributed by atoms with E-state index in [-0.39, 0.29) is 5.91 Å². The molecule has 1 saturated heterocycles. The lowest BCUT2D eigenvalue weighted by atomic mass is 10.2. The van der Waals surface area contributed by atoms with Crippen LogP contribution in [0.4, 0.5) is 0 Å². The van der Waals surface area contributed by atoms with Crippen LogP contribution in [0.2, 0.25) is 0 Å². The molecule has 0 bridgehead atoms. The summed E-state index contributed by atoms with van der Waals surface area (Å²) >= 11 is 3.25. The molecule has 0 N–H and O–H groups in total. The van der Waals surface area contributed by atoms with Crippen molar-refractivity contribution in [2.75, 3.05) is 18.8 Å². The van der Waals surface area contributed by atoms with Crippen LogP contribution in [-0.4, -0.2) is 39.6 Å². The number of thioether (sulfide) groups is 1. The number of carbonyl (C=O) groups excluding carboxylic acids is 1. The molecule has 22 heavy (non-hydrogen) atoms. The van der Waals surface area contributed by atoms with Crippen molar-refractivity contribution >= 4 is 39.2 Å². The average molecular weight is 335 g/mol. The zero-order chi connectivity index (χ0) is 15.5. The second kappa shape index (κ2) is 6.96. The van der Waals surface area contributed by atoms with Crippen molar-refractivity contribution in [3.05, 3.63) is 16.8 Å². The summed E-state index contributed by atoms with van der Waals surface area (Å²) in [6.07, 6.45) is 6.37. The number of aromatic nitrogens is 2. The number of amides is 1. The first-order chi connectivity index (χ1) is 10.7. The molecule has 2 aromatic heterocycles. The van der Waals surface area contributed by atoms with Crippen LogP contribution in [-0.2, 0) is 4.79 Å².